The number of urea groups is 1. The Morgan fingerprint density at radius 1 is 0.773 bits per heavy atom. The van der Waals surface area contributed by atoms with Gasteiger partial charge in [-0.2, -0.15) is 4.37 Å². The van der Waals surface area contributed by atoms with E-state index >= 15 is 0 Å². The molecule has 3 aromatic heterocycles. The molecule has 2 aliphatic heterocycles. The molecule has 0 radical (unpaired) electrons. The van der Waals surface area contributed by atoms with Crippen molar-refractivity contribution in [2.45, 2.75) is 39.0 Å². The van der Waals surface area contributed by atoms with Gasteiger partial charge >= 0.3 is 6.03 Å². The molecule has 3 amide bonds. The van der Waals surface area contributed by atoms with E-state index in [1.807, 2.05) is 52.3 Å². The van der Waals surface area contributed by atoms with Gasteiger partial charge in [0.05, 0.1) is 41.3 Å². The van der Waals surface area contributed by atoms with Crippen molar-refractivity contribution in [1.82, 2.24) is 38.5 Å². The molecule has 66 heavy (non-hydrogen) atoms. The van der Waals surface area contributed by atoms with Gasteiger partial charge in [-0.3, -0.25) is 4.79 Å². The van der Waals surface area contributed by atoms with Crippen LogP contribution >= 0.6 is 23.3 Å². The third-order valence-electron chi connectivity index (χ3n) is 11.7. The summed E-state index contributed by atoms with van der Waals surface area (Å²) >= 11 is 7.49. The number of aromatic nitrogens is 6. The average molecular weight is 927 g/mol. The second kappa shape index (κ2) is 19.8. The van der Waals surface area contributed by atoms with Gasteiger partial charge in [0.1, 0.15) is 19.0 Å². The molecular weight excluding hydrogens is 878 g/mol. The van der Waals surface area contributed by atoms with Crippen LogP contribution in [0.5, 0.6) is 11.6 Å². The fourth-order valence-electron chi connectivity index (χ4n) is 8.31. The number of anilines is 5. The zero-order chi connectivity index (χ0) is 45.6. The molecule has 2 fully saturated rings. The number of fused-ring (bicyclic) bond motifs is 1. The highest BCUT2D eigenvalue weighted by molar-refractivity contribution is 6.99. The highest BCUT2D eigenvalue weighted by atomic mass is 35.5. The number of hydrogen-bond acceptors (Lipinski definition) is 15. The van der Waals surface area contributed by atoms with Gasteiger partial charge in [0.2, 0.25) is 23.6 Å². The van der Waals surface area contributed by atoms with Crippen LogP contribution in [0.3, 0.4) is 0 Å². The summed E-state index contributed by atoms with van der Waals surface area (Å²) in [7, 11) is 0. The molecule has 5 heterocycles. The van der Waals surface area contributed by atoms with Gasteiger partial charge in [-0.05, 0) is 82.4 Å². The van der Waals surface area contributed by atoms with Gasteiger partial charge in [-0.25, -0.2) is 24.7 Å². The summed E-state index contributed by atoms with van der Waals surface area (Å²) in [6.07, 6.45) is 4.26. The van der Waals surface area contributed by atoms with E-state index in [9.17, 15) is 9.59 Å². The Morgan fingerprint density at radius 2 is 1.48 bits per heavy atom. The minimum absolute atomic E-state index is 0.0591. The molecule has 0 saturated carbocycles. The van der Waals surface area contributed by atoms with E-state index in [-0.39, 0.29) is 49.5 Å². The highest BCUT2D eigenvalue weighted by Crippen LogP contribution is 2.38. The molecule has 7 aromatic rings. The van der Waals surface area contributed by atoms with Gasteiger partial charge < -0.3 is 45.9 Å². The van der Waals surface area contributed by atoms with Crippen LogP contribution in [0.25, 0.3) is 10.8 Å². The molecule has 0 bridgehead atoms. The van der Waals surface area contributed by atoms with Gasteiger partial charge in [0, 0.05) is 68.9 Å². The number of amides is 3. The summed E-state index contributed by atoms with van der Waals surface area (Å²) in [4.78, 5) is 52.1. The number of carbonyl (C=O) groups excluding carboxylic acids is 2. The van der Waals surface area contributed by atoms with Crippen LogP contribution in [0.4, 0.5) is 33.9 Å². The van der Waals surface area contributed by atoms with E-state index in [0.717, 1.165) is 51.3 Å². The summed E-state index contributed by atoms with van der Waals surface area (Å²) in [5.41, 5.74) is 17.4. The molecule has 2 aliphatic rings. The summed E-state index contributed by atoms with van der Waals surface area (Å²) in [5.74, 6) is 2.18. The maximum Gasteiger partial charge on any atom is 0.321 e. The van der Waals surface area contributed by atoms with Crippen molar-refractivity contribution < 1.29 is 19.1 Å². The SMILES string of the molecule is CCc1cc(Cl)cc(NC(=O)N2CCN(c3ccccc3OCc3ccnc(N)n3)C(c3ccc4cc(CC(=O)N5CCN(c6nsnc6OCc6ccnc(N)n6)CC5)ccc4c3)C2)c1. The van der Waals surface area contributed by atoms with Crippen LogP contribution in [0, 0.1) is 0 Å². The van der Waals surface area contributed by atoms with Gasteiger partial charge in [0.25, 0.3) is 5.88 Å². The summed E-state index contributed by atoms with van der Waals surface area (Å²) in [6.45, 7) is 6.14. The molecular formula is C47H48ClN13O4S. The van der Waals surface area contributed by atoms with Gasteiger partial charge in [0.15, 0.2) is 0 Å². The lowest BCUT2D eigenvalue weighted by Crippen LogP contribution is -2.51. The number of rotatable bonds is 13. The predicted octanol–water partition coefficient (Wildman–Crippen LogP) is 6.80. The summed E-state index contributed by atoms with van der Waals surface area (Å²) in [6, 6.07) is 29.2. The molecule has 19 heteroatoms. The lowest BCUT2D eigenvalue weighted by molar-refractivity contribution is -0.130. The van der Waals surface area contributed by atoms with Crippen LogP contribution in [-0.4, -0.2) is 96.2 Å². The number of halogens is 1. The van der Waals surface area contributed by atoms with Crippen molar-refractivity contribution in [3.8, 4) is 11.6 Å². The number of carbonyl (C=O) groups is 2. The summed E-state index contributed by atoms with van der Waals surface area (Å²) < 4.78 is 21.1. The molecule has 1 unspecified atom stereocenters. The molecule has 0 aliphatic carbocycles. The first-order valence-corrected chi connectivity index (χ1v) is 22.8. The molecule has 1 atom stereocenters. The maximum atomic E-state index is 13.9. The first-order valence-electron chi connectivity index (χ1n) is 21.6. The third kappa shape index (κ3) is 10.3. The molecule has 2 saturated heterocycles. The van der Waals surface area contributed by atoms with E-state index in [1.165, 1.54) is 0 Å². The first kappa shape index (κ1) is 43.9. The predicted molar refractivity (Wildman–Crippen MR) is 256 cm³/mol. The zero-order valence-electron chi connectivity index (χ0n) is 36.2. The number of piperazine rings is 2. The third-order valence-corrected chi connectivity index (χ3v) is 12.4. The van der Waals surface area contributed by atoms with Gasteiger partial charge in [-0.15, -0.1) is 4.37 Å². The Balaban J connectivity index is 0.894. The smallest absolute Gasteiger partial charge is 0.321 e. The zero-order valence-corrected chi connectivity index (χ0v) is 37.8. The lowest BCUT2D eigenvalue weighted by Gasteiger charge is -2.43. The fraction of sp³-hybridized carbons (Fsp3) is 0.277. The van der Waals surface area contributed by atoms with Crippen molar-refractivity contribution >= 4 is 75.1 Å². The topological polar surface area (TPSA) is 207 Å². The Bertz CT molecular complexity index is 2860. The summed E-state index contributed by atoms with van der Waals surface area (Å²) in [5, 5.41) is 5.70. The average Bonchev–Trinajstić information content (AvgIpc) is 3.81. The van der Waals surface area contributed by atoms with Crippen LogP contribution in [-0.2, 0) is 30.8 Å². The maximum absolute atomic E-state index is 13.9. The number of ether oxygens (including phenoxy) is 2. The van der Waals surface area contributed by atoms with Crippen molar-refractivity contribution in [2.75, 3.05) is 72.4 Å². The molecule has 0 spiro atoms. The quantitative estimate of drug-likeness (QED) is 0.109. The second-order valence-corrected chi connectivity index (χ2v) is 17.0. The second-order valence-electron chi connectivity index (χ2n) is 16.0. The van der Waals surface area contributed by atoms with Crippen LogP contribution in [0.1, 0.15) is 41.0 Å². The molecule has 338 valence electrons. The molecule has 4 aromatic carbocycles. The van der Waals surface area contributed by atoms with Crippen molar-refractivity contribution in [3.63, 3.8) is 0 Å². The number of hydrogen-bond donors (Lipinski definition) is 3. The van der Waals surface area contributed by atoms with E-state index in [1.54, 1.807) is 30.6 Å². The first-order chi connectivity index (χ1) is 32.1. The Labute approximate surface area is 390 Å². The number of aryl methyl sites for hydroxylation is 1. The van der Waals surface area contributed by atoms with Crippen molar-refractivity contribution in [1.29, 1.82) is 0 Å². The number of para-hydroxylation sites is 2. The standard InChI is InChI=1S/C47H48ClN13O4S/c1-2-30-22-35(48)26-38(23-30)55-47(63)60-19-20-61(39-5-3-4-6-41(39)64-28-36-11-13-51-45(49)53-36)40(27-60)34-10-9-32-21-31(7-8-33(32)25-34)24-42(62)58-15-17-59(18-16-58)43-44(57-66-56-43)65-29-37-12-14-52-46(50)54-37/h3-14,21-23,25-26,40H,2,15-20,24,27-29H2,1H3,(H,55,63)(H2,49,51,53)(H2,50,52,54). The van der Waals surface area contributed by atoms with E-state index in [2.05, 4.69) is 81.1 Å². The van der Waals surface area contributed by atoms with Crippen LogP contribution in [0.2, 0.25) is 5.02 Å². The largest absolute Gasteiger partial charge is 0.485 e. The number of nitrogens with zero attached hydrogens (tertiary/aromatic N) is 10. The van der Waals surface area contributed by atoms with Crippen molar-refractivity contribution in [2.24, 2.45) is 0 Å². The van der Waals surface area contributed by atoms with Gasteiger partial charge in [-0.1, -0.05) is 61.0 Å². The fourth-order valence-corrected chi connectivity index (χ4v) is 9.09. The van der Waals surface area contributed by atoms with E-state index in [4.69, 9.17) is 32.5 Å². The normalized spacial score (nSPS) is 15.2. The lowest BCUT2D eigenvalue weighted by atomic mass is 9.96. The molecule has 5 N–H and O–H groups in total. The minimum Gasteiger partial charge on any atom is -0.485 e. The number of benzene rings is 4. The number of nitrogens with one attached hydrogen (secondary N) is 1. The number of nitrogens with two attached hydrogens (primary N) is 2. The minimum atomic E-state index is -0.237. The Hall–Kier alpha value is -7.31. The van der Waals surface area contributed by atoms with Crippen LogP contribution in [0.15, 0.2) is 103 Å². The Morgan fingerprint density at radius 3 is 2.24 bits per heavy atom. The Kier molecular flexibility index (Phi) is 13.2. The monoisotopic (exact) mass is 925 g/mol. The van der Waals surface area contributed by atoms with E-state index in [0.29, 0.717) is 85.4 Å². The number of nitrogen functional groups attached to an aromatic ring is 2. The molecule has 9 rings (SSSR count). The van der Waals surface area contributed by atoms with E-state index < -0.39 is 0 Å². The molecule has 17 nitrogen and oxygen atoms in total. The van der Waals surface area contributed by atoms with Crippen molar-refractivity contribution in [3.05, 3.63) is 136 Å². The highest BCUT2D eigenvalue weighted by Gasteiger charge is 2.33. The van der Waals surface area contributed by atoms with Crippen LogP contribution < -0.4 is 36.1 Å².